The van der Waals surface area contributed by atoms with Gasteiger partial charge in [0.15, 0.2) is 5.82 Å². The van der Waals surface area contributed by atoms with Crippen molar-refractivity contribution in [2.75, 3.05) is 6.61 Å². The highest BCUT2D eigenvalue weighted by Crippen LogP contribution is 2.28. The third-order valence-electron chi connectivity index (χ3n) is 2.06. The molecule has 1 aliphatic rings. The van der Waals surface area contributed by atoms with Crippen molar-refractivity contribution in [1.29, 1.82) is 0 Å². The Balaban J connectivity index is 0.000000267. The maximum Gasteiger partial charge on any atom is 0.156 e. The van der Waals surface area contributed by atoms with Gasteiger partial charge in [0.2, 0.25) is 0 Å². The quantitative estimate of drug-likeness (QED) is 0.780. The zero-order valence-corrected chi connectivity index (χ0v) is 10.3. The van der Waals surface area contributed by atoms with E-state index in [9.17, 15) is 0 Å². The SMILES string of the molecule is CC(C)O.c1cc(-n2cnnn2)ncc1[C@@H]1CO1. The van der Waals surface area contributed by atoms with Gasteiger partial charge in [-0.25, -0.2) is 4.98 Å². The van der Waals surface area contributed by atoms with Gasteiger partial charge in [-0.1, -0.05) is 6.07 Å². The molecule has 2 aromatic rings. The maximum absolute atomic E-state index is 8.06. The minimum absolute atomic E-state index is 0.167. The molecule has 1 fully saturated rings. The molecule has 7 nitrogen and oxygen atoms in total. The number of nitrogens with zero attached hydrogens (tertiary/aromatic N) is 5. The summed E-state index contributed by atoms with van der Waals surface area (Å²) in [5.74, 6) is 0.708. The number of hydrogen-bond acceptors (Lipinski definition) is 6. The van der Waals surface area contributed by atoms with Crippen LogP contribution in [0.3, 0.4) is 0 Å². The highest BCUT2D eigenvalue weighted by Gasteiger charge is 2.24. The van der Waals surface area contributed by atoms with E-state index in [2.05, 4.69) is 20.5 Å². The molecule has 0 aromatic carbocycles. The molecule has 0 aliphatic carbocycles. The van der Waals surface area contributed by atoms with Crippen LogP contribution in [0, 0.1) is 0 Å². The molecular formula is C11H15N5O2. The van der Waals surface area contributed by atoms with Crippen molar-refractivity contribution in [1.82, 2.24) is 25.2 Å². The summed E-state index contributed by atoms with van der Waals surface area (Å²) in [6.07, 6.45) is 3.37. The van der Waals surface area contributed by atoms with E-state index in [1.165, 1.54) is 11.0 Å². The lowest BCUT2D eigenvalue weighted by atomic mass is 10.2. The van der Waals surface area contributed by atoms with Crippen LogP contribution in [-0.2, 0) is 4.74 Å². The number of ether oxygens (including phenoxy) is 1. The fourth-order valence-corrected chi connectivity index (χ4v) is 1.23. The molecule has 0 spiro atoms. The number of aromatic nitrogens is 5. The van der Waals surface area contributed by atoms with Crippen LogP contribution in [0.15, 0.2) is 24.7 Å². The second-order valence-electron chi connectivity index (χ2n) is 4.12. The summed E-state index contributed by atoms with van der Waals surface area (Å²) in [5.41, 5.74) is 1.10. The van der Waals surface area contributed by atoms with Crippen LogP contribution < -0.4 is 0 Å². The fourth-order valence-electron chi connectivity index (χ4n) is 1.23. The minimum atomic E-state index is -0.167. The lowest BCUT2D eigenvalue weighted by Crippen LogP contribution is -1.98. The lowest BCUT2D eigenvalue weighted by Gasteiger charge is -1.98. The van der Waals surface area contributed by atoms with Crippen molar-refractivity contribution in [2.45, 2.75) is 26.1 Å². The van der Waals surface area contributed by atoms with Gasteiger partial charge in [0, 0.05) is 17.9 Å². The maximum atomic E-state index is 8.06. The van der Waals surface area contributed by atoms with Crippen LogP contribution >= 0.6 is 0 Å². The number of rotatable bonds is 2. The van der Waals surface area contributed by atoms with E-state index in [0.717, 1.165) is 12.2 Å². The van der Waals surface area contributed by atoms with Crippen LogP contribution in [0.4, 0.5) is 0 Å². The third-order valence-corrected chi connectivity index (χ3v) is 2.06. The minimum Gasteiger partial charge on any atom is -0.394 e. The molecule has 1 saturated heterocycles. The molecule has 7 heteroatoms. The summed E-state index contributed by atoms with van der Waals surface area (Å²) in [4.78, 5) is 4.22. The summed E-state index contributed by atoms with van der Waals surface area (Å²) >= 11 is 0. The zero-order valence-electron chi connectivity index (χ0n) is 10.3. The normalized spacial score (nSPS) is 17.2. The van der Waals surface area contributed by atoms with E-state index in [-0.39, 0.29) is 12.2 Å². The Labute approximate surface area is 104 Å². The molecule has 1 atom stereocenters. The van der Waals surface area contributed by atoms with Gasteiger partial charge in [-0.15, -0.1) is 5.10 Å². The number of hydrogen-bond donors (Lipinski definition) is 1. The number of aliphatic hydroxyl groups is 1. The topological polar surface area (TPSA) is 89.2 Å². The van der Waals surface area contributed by atoms with Crippen molar-refractivity contribution < 1.29 is 9.84 Å². The second-order valence-corrected chi connectivity index (χ2v) is 4.12. The molecule has 2 aromatic heterocycles. The van der Waals surface area contributed by atoms with Crippen LogP contribution in [0.25, 0.3) is 5.82 Å². The van der Waals surface area contributed by atoms with E-state index >= 15 is 0 Å². The summed E-state index contributed by atoms with van der Waals surface area (Å²) in [6, 6.07) is 3.84. The summed E-state index contributed by atoms with van der Waals surface area (Å²) in [5, 5.41) is 18.9. The predicted octanol–water partition coefficient (Wildman–Crippen LogP) is 0.516. The van der Waals surface area contributed by atoms with Crippen LogP contribution in [0.5, 0.6) is 0 Å². The molecule has 3 rings (SSSR count). The van der Waals surface area contributed by atoms with E-state index in [1.54, 1.807) is 20.0 Å². The smallest absolute Gasteiger partial charge is 0.156 e. The van der Waals surface area contributed by atoms with Gasteiger partial charge in [0.25, 0.3) is 0 Å². The summed E-state index contributed by atoms with van der Waals surface area (Å²) < 4.78 is 6.65. The molecule has 96 valence electrons. The van der Waals surface area contributed by atoms with E-state index in [4.69, 9.17) is 9.84 Å². The first-order chi connectivity index (χ1) is 8.66. The second kappa shape index (κ2) is 5.65. The van der Waals surface area contributed by atoms with E-state index < -0.39 is 0 Å². The monoisotopic (exact) mass is 249 g/mol. The average Bonchev–Trinajstić information content (AvgIpc) is 3.04. The fraction of sp³-hybridized carbons (Fsp3) is 0.455. The molecule has 3 heterocycles. The Morgan fingerprint density at radius 1 is 1.44 bits per heavy atom. The Hall–Kier alpha value is -1.86. The van der Waals surface area contributed by atoms with Crippen LogP contribution in [0.1, 0.15) is 25.5 Å². The zero-order chi connectivity index (χ0) is 13.0. The van der Waals surface area contributed by atoms with Gasteiger partial charge in [0.05, 0.1) is 6.61 Å². The molecule has 1 aliphatic heterocycles. The lowest BCUT2D eigenvalue weighted by molar-refractivity contribution is 0.216. The largest absolute Gasteiger partial charge is 0.394 e. The Morgan fingerprint density at radius 2 is 2.17 bits per heavy atom. The van der Waals surface area contributed by atoms with Gasteiger partial charge in [-0.2, -0.15) is 4.68 Å². The van der Waals surface area contributed by atoms with Gasteiger partial charge in [0.1, 0.15) is 12.4 Å². The predicted molar refractivity (Wildman–Crippen MR) is 63.0 cm³/mol. The van der Waals surface area contributed by atoms with Crippen molar-refractivity contribution >= 4 is 0 Å². The van der Waals surface area contributed by atoms with Gasteiger partial charge >= 0.3 is 0 Å². The van der Waals surface area contributed by atoms with E-state index in [0.29, 0.717) is 5.82 Å². The van der Waals surface area contributed by atoms with E-state index in [1.807, 2.05) is 12.1 Å². The van der Waals surface area contributed by atoms with Crippen molar-refractivity contribution in [3.8, 4) is 5.82 Å². The van der Waals surface area contributed by atoms with Crippen LogP contribution in [0.2, 0.25) is 0 Å². The standard InChI is InChI=1S/C8H7N5O.C3H8O/c1-2-8(13-5-10-11-12-13)9-3-6(1)7-4-14-7;1-3(2)4/h1-3,5,7H,4H2;3-4H,1-2H3/t7-;/m0./s1. The molecule has 0 amide bonds. The summed E-state index contributed by atoms with van der Waals surface area (Å²) in [6.45, 7) is 4.24. The summed E-state index contributed by atoms with van der Waals surface area (Å²) in [7, 11) is 0. The Kier molecular flexibility index (Phi) is 3.96. The molecule has 0 bridgehead atoms. The molecule has 0 saturated carbocycles. The molecule has 0 unspecified atom stereocenters. The number of aliphatic hydroxyl groups excluding tert-OH is 1. The van der Waals surface area contributed by atoms with Crippen molar-refractivity contribution in [2.24, 2.45) is 0 Å². The van der Waals surface area contributed by atoms with Gasteiger partial charge in [-0.05, 0) is 30.3 Å². The van der Waals surface area contributed by atoms with Crippen molar-refractivity contribution in [3.05, 3.63) is 30.2 Å². The first-order valence-electron chi connectivity index (χ1n) is 5.66. The first-order valence-corrected chi connectivity index (χ1v) is 5.66. The number of tetrazole rings is 1. The highest BCUT2D eigenvalue weighted by atomic mass is 16.6. The number of epoxide rings is 1. The van der Waals surface area contributed by atoms with Crippen molar-refractivity contribution in [3.63, 3.8) is 0 Å². The van der Waals surface area contributed by atoms with Gasteiger partial charge < -0.3 is 9.84 Å². The van der Waals surface area contributed by atoms with Gasteiger partial charge in [-0.3, -0.25) is 0 Å². The Morgan fingerprint density at radius 3 is 2.61 bits per heavy atom. The highest BCUT2D eigenvalue weighted by molar-refractivity contribution is 5.26. The molecule has 1 N–H and O–H groups in total. The molecule has 18 heavy (non-hydrogen) atoms. The first kappa shape index (κ1) is 12.6. The van der Waals surface area contributed by atoms with Crippen LogP contribution in [-0.4, -0.2) is 43.0 Å². The third kappa shape index (κ3) is 3.57. The molecule has 0 radical (unpaired) electrons. The molecular weight excluding hydrogens is 234 g/mol. The average molecular weight is 249 g/mol. The number of pyridine rings is 1. The Bertz CT molecular complexity index is 462.